The smallest absolute Gasteiger partial charge is 0.233 e. The van der Waals surface area contributed by atoms with E-state index in [0.717, 1.165) is 11.1 Å². The van der Waals surface area contributed by atoms with Crippen molar-refractivity contribution < 1.29 is 29.0 Å². The first-order valence-corrected chi connectivity index (χ1v) is 12.8. The normalized spacial score (nSPS) is 26.5. The molecule has 4 atom stereocenters. The highest BCUT2D eigenvalue weighted by molar-refractivity contribution is 6.24. The number of phenolic OH excluding ortho intramolecular Hbond substituents is 1. The van der Waals surface area contributed by atoms with Crippen LogP contribution in [0.25, 0.3) is 0 Å². The second kappa shape index (κ2) is 8.94. The van der Waals surface area contributed by atoms with Gasteiger partial charge in [-0.2, -0.15) is 0 Å². The van der Waals surface area contributed by atoms with Gasteiger partial charge in [0.1, 0.15) is 18.1 Å². The third-order valence-corrected chi connectivity index (χ3v) is 8.35. The van der Waals surface area contributed by atoms with Crippen LogP contribution in [0.5, 0.6) is 11.5 Å². The third kappa shape index (κ3) is 3.64. The van der Waals surface area contributed by atoms with Crippen molar-refractivity contribution in [3.05, 3.63) is 94.1 Å². The summed E-state index contributed by atoms with van der Waals surface area (Å²) in [6.07, 6.45) is 3.89. The summed E-state index contributed by atoms with van der Waals surface area (Å²) in [7, 11) is 1.50. The van der Waals surface area contributed by atoms with E-state index < -0.39 is 23.7 Å². The lowest BCUT2D eigenvalue weighted by Crippen LogP contribution is -2.39. The van der Waals surface area contributed by atoms with E-state index in [1.54, 1.807) is 19.1 Å². The molecule has 6 rings (SSSR count). The first kappa shape index (κ1) is 24.1. The fraction of sp³-hybridized carbons (Fsp3) is 0.290. The number of hydrogen-bond acceptors (Lipinski definition) is 6. The van der Waals surface area contributed by atoms with Gasteiger partial charge in [-0.15, -0.1) is 0 Å². The minimum atomic E-state index is -0.693. The highest BCUT2D eigenvalue weighted by Gasteiger charge is 2.55. The molecule has 7 heteroatoms. The van der Waals surface area contributed by atoms with Crippen LogP contribution in [-0.2, 0) is 25.8 Å². The fourth-order valence-electron chi connectivity index (χ4n) is 6.47. The van der Waals surface area contributed by atoms with Crippen LogP contribution in [0.3, 0.4) is 0 Å². The van der Waals surface area contributed by atoms with Crippen LogP contribution in [-0.4, -0.2) is 40.4 Å². The van der Waals surface area contributed by atoms with E-state index in [0.29, 0.717) is 41.1 Å². The van der Waals surface area contributed by atoms with E-state index in [4.69, 9.17) is 4.74 Å². The minimum Gasteiger partial charge on any atom is -0.507 e. The molecule has 7 nitrogen and oxygen atoms in total. The largest absolute Gasteiger partial charge is 0.507 e. The Morgan fingerprint density at radius 2 is 1.76 bits per heavy atom. The Morgan fingerprint density at radius 3 is 2.50 bits per heavy atom. The molecule has 1 fully saturated rings. The van der Waals surface area contributed by atoms with E-state index in [1.807, 2.05) is 36.4 Å². The molecule has 1 saturated heterocycles. The minimum absolute atomic E-state index is 0.0607. The first-order chi connectivity index (χ1) is 18.3. The predicted molar refractivity (Wildman–Crippen MR) is 138 cm³/mol. The summed E-state index contributed by atoms with van der Waals surface area (Å²) in [5.74, 6) is -2.71. The Kier molecular flexibility index (Phi) is 5.67. The number of aromatic hydroxyl groups is 1. The van der Waals surface area contributed by atoms with Gasteiger partial charge in [0, 0.05) is 41.3 Å². The van der Waals surface area contributed by atoms with E-state index in [2.05, 4.69) is 0 Å². The molecule has 38 heavy (non-hydrogen) atoms. The van der Waals surface area contributed by atoms with Gasteiger partial charge in [-0.3, -0.25) is 24.1 Å². The van der Waals surface area contributed by atoms with Crippen molar-refractivity contribution in [2.45, 2.75) is 32.3 Å². The zero-order valence-electron chi connectivity index (χ0n) is 21.1. The number of amides is 2. The van der Waals surface area contributed by atoms with Crippen LogP contribution in [0.15, 0.2) is 83.0 Å². The molecule has 2 aromatic rings. The molecule has 0 aromatic heterocycles. The maximum absolute atomic E-state index is 13.5. The van der Waals surface area contributed by atoms with Gasteiger partial charge in [0.15, 0.2) is 11.6 Å². The second-order valence-electron chi connectivity index (χ2n) is 10.5. The van der Waals surface area contributed by atoms with Crippen LogP contribution in [0.2, 0.25) is 0 Å². The summed E-state index contributed by atoms with van der Waals surface area (Å²) in [5, 5.41) is 11.2. The zero-order valence-corrected chi connectivity index (χ0v) is 21.1. The summed E-state index contributed by atoms with van der Waals surface area (Å²) >= 11 is 0. The number of carbonyl (C=O) groups excluding carboxylic acids is 4. The number of rotatable bonds is 4. The standard InChI is InChI=1S/C31H27NO6/c1-16-12-24(33)23-14-22-19(10-11-21-27(22)31(37)32(2)30(21)36)26(28(23)29(16)35)20-9-8-18(13-25(20)34)38-15-17-6-4-3-5-7-17/h3-10,12-13,21-22,26-27,34H,11,14-15H2,1-2H3. The molecule has 2 aromatic carbocycles. The highest BCUT2D eigenvalue weighted by Crippen LogP contribution is 2.56. The van der Waals surface area contributed by atoms with Crippen molar-refractivity contribution >= 4 is 23.4 Å². The summed E-state index contributed by atoms with van der Waals surface area (Å²) in [5.41, 5.74) is 3.34. The number of ether oxygens (including phenoxy) is 1. The fourth-order valence-corrected chi connectivity index (χ4v) is 6.47. The molecular weight excluding hydrogens is 482 g/mol. The van der Waals surface area contributed by atoms with Crippen LogP contribution in [0.4, 0.5) is 0 Å². The maximum atomic E-state index is 13.5. The van der Waals surface area contributed by atoms with Gasteiger partial charge in [0.2, 0.25) is 11.8 Å². The third-order valence-electron chi connectivity index (χ3n) is 8.35. The van der Waals surface area contributed by atoms with Gasteiger partial charge in [-0.1, -0.05) is 48.0 Å². The van der Waals surface area contributed by atoms with Crippen LogP contribution in [0.1, 0.15) is 36.8 Å². The number of nitrogens with zero attached hydrogens (tertiary/aromatic N) is 1. The Morgan fingerprint density at radius 1 is 1.00 bits per heavy atom. The molecule has 0 saturated carbocycles. The molecule has 1 heterocycles. The molecule has 0 bridgehead atoms. The van der Waals surface area contributed by atoms with Gasteiger partial charge in [-0.05, 0) is 43.4 Å². The lowest BCUT2D eigenvalue weighted by Gasteiger charge is -2.42. The average Bonchev–Trinajstić information content (AvgIpc) is 3.14. The van der Waals surface area contributed by atoms with E-state index in [9.17, 15) is 24.3 Å². The van der Waals surface area contributed by atoms with Gasteiger partial charge in [-0.25, -0.2) is 0 Å². The topological polar surface area (TPSA) is 101 Å². The number of hydrogen-bond donors (Lipinski definition) is 1. The number of benzene rings is 2. The quantitative estimate of drug-likeness (QED) is 0.380. The highest BCUT2D eigenvalue weighted by atomic mass is 16.5. The molecule has 0 spiro atoms. The van der Waals surface area contributed by atoms with Gasteiger partial charge in [0.25, 0.3) is 0 Å². The molecule has 4 aliphatic rings. The lowest BCUT2D eigenvalue weighted by molar-refractivity contribution is -0.138. The number of imide groups is 1. The summed E-state index contributed by atoms with van der Waals surface area (Å²) in [6, 6.07) is 14.6. The Hall–Kier alpha value is -4.26. The Balaban J connectivity index is 1.42. The molecule has 1 aliphatic heterocycles. The van der Waals surface area contributed by atoms with Crippen molar-refractivity contribution in [2.75, 3.05) is 7.05 Å². The van der Waals surface area contributed by atoms with Crippen molar-refractivity contribution in [1.29, 1.82) is 0 Å². The number of Topliss-reactive ketones (excluding diaryl/α,β-unsaturated/α-hetero) is 1. The van der Waals surface area contributed by atoms with Crippen LogP contribution >= 0.6 is 0 Å². The number of ketones is 2. The molecule has 192 valence electrons. The van der Waals surface area contributed by atoms with Crippen LogP contribution in [0, 0.1) is 17.8 Å². The Labute approximate surface area is 220 Å². The first-order valence-electron chi connectivity index (χ1n) is 12.8. The van der Waals surface area contributed by atoms with Crippen molar-refractivity contribution in [2.24, 2.45) is 17.8 Å². The summed E-state index contributed by atoms with van der Waals surface area (Å²) in [4.78, 5) is 53.7. The molecule has 4 unspecified atom stereocenters. The molecule has 3 aliphatic carbocycles. The van der Waals surface area contributed by atoms with Crippen molar-refractivity contribution in [3.8, 4) is 11.5 Å². The SMILES string of the molecule is CC1=CC(=O)C2=C(C1=O)C(c1ccc(OCc3ccccc3)cc1O)C1=CCC3C(=O)N(C)C(=O)C3C1C2. The number of allylic oxidation sites excluding steroid dienone is 6. The van der Waals surface area contributed by atoms with E-state index in [1.165, 1.54) is 24.1 Å². The average molecular weight is 510 g/mol. The molecule has 1 N–H and O–H groups in total. The zero-order chi connectivity index (χ0) is 26.7. The van der Waals surface area contributed by atoms with Gasteiger partial charge < -0.3 is 9.84 Å². The predicted octanol–water partition coefficient (Wildman–Crippen LogP) is 4.03. The number of phenols is 1. The maximum Gasteiger partial charge on any atom is 0.233 e. The summed E-state index contributed by atoms with van der Waals surface area (Å²) < 4.78 is 5.87. The number of carbonyl (C=O) groups is 4. The summed E-state index contributed by atoms with van der Waals surface area (Å²) in [6.45, 7) is 1.95. The van der Waals surface area contributed by atoms with Crippen molar-refractivity contribution in [1.82, 2.24) is 4.90 Å². The van der Waals surface area contributed by atoms with Crippen molar-refractivity contribution in [3.63, 3.8) is 0 Å². The molecule has 2 amide bonds. The molecule has 0 radical (unpaired) electrons. The van der Waals surface area contributed by atoms with E-state index in [-0.39, 0.29) is 35.6 Å². The van der Waals surface area contributed by atoms with Gasteiger partial charge in [0.05, 0.1) is 11.8 Å². The Bertz CT molecular complexity index is 1500. The lowest BCUT2D eigenvalue weighted by atomic mass is 9.59. The van der Waals surface area contributed by atoms with Gasteiger partial charge >= 0.3 is 0 Å². The van der Waals surface area contributed by atoms with E-state index >= 15 is 0 Å². The number of fused-ring (bicyclic) bond motifs is 3. The second-order valence-corrected chi connectivity index (χ2v) is 10.5. The monoisotopic (exact) mass is 509 g/mol. The number of likely N-dealkylation sites (tertiary alicyclic amines) is 1. The van der Waals surface area contributed by atoms with Crippen LogP contribution < -0.4 is 4.74 Å². The molecular formula is C31H27NO6.